The van der Waals surface area contributed by atoms with Gasteiger partial charge in [0, 0.05) is 71.2 Å². The molecule has 0 saturated carbocycles. The van der Waals surface area contributed by atoms with E-state index in [1.54, 1.807) is 36.8 Å². The molecule has 0 aromatic carbocycles. The summed E-state index contributed by atoms with van der Waals surface area (Å²) in [5, 5.41) is 21.5. The number of rotatable bonds is 7. The van der Waals surface area contributed by atoms with E-state index < -0.39 is 17.9 Å². The molecule has 0 atom stereocenters. The van der Waals surface area contributed by atoms with Gasteiger partial charge in [0.15, 0.2) is 16.9 Å². The molecular weight excluding hydrogens is 861 g/mol. The van der Waals surface area contributed by atoms with E-state index in [0.29, 0.717) is 59.6 Å². The summed E-state index contributed by atoms with van der Waals surface area (Å²) in [6.07, 6.45) is 16.6. The van der Waals surface area contributed by atoms with E-state index in [0.717, 1.165) is 77.1 Å². The Bertz CT molecular complexity index is 2360. The molecule has 63 heavy (non-hydrogen) atoms. The van der Waals surface area contributed by atoms with Gasteiger partial charge >= 0.3 is 17.9 Å². The third-order valence-corrected chi connectivity index (χ3v) is 9.90. The summed E-state index contributed by atoms with van der Waals surface area (Å²) in [6.45, 7) is 12.4. The Labute approximate surface area is 374 Å². The van der Waals surface area contributed by atoms with E-state index in [2.05, 4.69) is 40.0 Å². The molecule has 9 rings (SSSR count). The smallest absolute Gasteiger partial charge is 0.343 e. The average Bonchev–Trinajstić information content (AvgIpc) is 3.73. The molecule has 340 valence electrons. The van der Waals surface area contributed by atoms with Crippen LogP contribution in [0.5, 0.6) is 0 Å². The quantitative estimate of drug-likeness (QED) is 0.158. The van der Waals surface area contributed by atoms with Crippen LogP contribution in [0.25, 0.3) is 16.9 Å². The summed E-state index contributed by atoms with van der Waals surface area (Å²) in [5.41, 5.74) is 2.13. The van der Waals surface area contributed by atoms with Crippen molar-refractivity contribution in [1.29, 1.82) is 0 Å². The van der Waals surface area contributed by atoms with E-state index in [4.69, 9.17) is 40.4 Å². The van der Waals surface area contributed by atoms with Crippen LogP contribution in [0.15, 0.2) is 55.4 Å². The second-order valence-corrected chi connectivity index (χ2v) is 14.4. The molecule has 3 aliphatic heterocycles. The first-order chi connectivity index (χ1) is 30.3. The van der Waals surface area contributed by atoms with Gasteiger partial charge in [-0.1, -0.05) is 24.4 Å². The Morgan fingerprint density at radius 2 is 1.00 bits per heavy atom. The van der Waals surface area contributed by atoms with Crippen LogP contribution in [-0.2, 0) is 23.7 Å². The van der Waals surface area contributed by atoms with Crippen LogP contribution in [-0.4, -0.2) is 146 Å². The molecule has 0 spiro atoms. The number of hydrogen-bond acceptors (Lipinski definition) is 16. The minimum absolute atomic E-state index is 0. The Kier molecular flexibility index (Phi) is 19.1. The molecule has 0 bridgehead atoms. The maximum absolute atomic E-state index is 11.9. The first kappa shape index (κ1) is 48.4. The zero-order valence-corrected chi connectivity index (χ0v) is 36.9. The normalized spacial score (nSPS) is 15.5. The number of aromatic carboxylic acids is 1. The lowest BCUT2D eigenvalue weighted by Crippen LogP contribution is -2.27. The van der Waals surface area contributed by atoms with Crippen molar-refractivity contribution in [2.24, 2.45) is 0 Å². The van der Waals surface area contributed by atoms with Crippen LogP contribution in [0.1, 0.15) is 83.4 Å². The first-order valence-electron chi connectivity index (χ1n) is 20.8. The largest absolute Gasteiger partial charge is 0.477 e. The molecule has 6 aromatic rings. The summed E-state index contributed by atoms with van der Waals surface area (Å²) in [4.78, 5) is 51.7. The van der Waals surface area contributed by atoms with Crippen molar-refractivity contribution < 1.29 is 43.2 Å². The molecule has 3 fully saturated rings. The number of aromatic nitrogens is 9. The molecule has 1 N–H and O–H groups in total. The van der Waals surface area contributed by atoms with Gasteiger partial charge in [0.2, 0.25) is 0 Å². The predicted molar refractivity (Wildman–Crippen MR) is 235 cm³/mol. The van der Waals surface area contributed by atoms with Gasteiger partial charge in [0.05, 0.1) is 45.0 Å². The van der Waals surface area contributed by atoms with Crippen molar-refractivity contribution >= 4 is 70.5 Å². The third-order valence-electron chi connectivity index (χ3n) is 9.68. The summed E-state index contributed by atoms with van der Waals surface area (Å²) < 4.78 is 30.5. The standard InChI is InChI=1S/C14H18N4O3.C12H14N4O3.C9H8ClN3O2.C6H12O.ClH/c1-2-21-14(19)11-10-15-18-6-4-12(16-13(11)18)17-5-3-8-20-9-7-17;17-12(18)9-8-13-16-4-2-10(14-11(9)16)15-3-1-6-19-7-5-15;1-2-15-9(14)6-5-11-13-4-3-7(10)12-8(6)13;1-2-4-6-7-5-3-1;/h4,6,10H,2-3,5,7-9H2,1H3;2,4,8H,1,3,5-7H2,(H,17,18);3-5H,2H2,1H3;1-6H2;1H. The maximum Gasteiger partial charge on any atom is 0.343 e. The van der Waals surface area contributed by atoms with Crippen molar-refractivity contribution in [3.63, 3.8) is 0 Å². The van der Waals surface area contributed by atoms with Gasteiger partial charge in [-0.25, -0.2) is 42.9 Å². The summed E-state index contributed by atoms with van der Waals surface area (Å²) >= 11 is 5.72. The zero-order chi connectivity index (χ0) is 43.7. The highest BCUT2D eigenvalue weighted by atomic mass is 35.5. The fraction of sp³-hybridized carbons (Fsp3) is 0.488. The topological polar surface area (TPSA) is 215 Å². The van der Waals surface area contributed by atoms with Crippen molar-refractivity contribution in [2.45, 2.75) is 52.4 Å². The van der Waals surface area contributed by atoms with Gasteiger partial charge in [-0.05, 0) is 57.7 Å². The minimum Gasteiger partial charge on any atom is -0.477 e. The monoisotopic (exact) mass is 913 g/mol. The summed E-state index contributed by atoms with van der Waals surface area (Å²) in [7, 11) is 0. The summed E-state index contributed by atoms with van der Waals surface area (Å²) in [5.74, 6) is -0.252. The average molecular weight is 915 g/mol. The van der Waals surface area contributed by atoms with E-state index in [1.807, 2.05) is 18.3 Å². The second kappa shape index (κ2) is 24.8. The van der Waals surface area contributed by atoms with Crippen LogP contribution in [0, 0.1) is 0 Å². The fourth-order valence-electron chi connectivity index (χ4n) is 6.59. The number of hydrogen-bond donors (Lipinski definition) is 1. The molecule has 9 heterocycles. The van der Waals surface area contributed by atoms with E-state index in [1.165, 1.54) is 53.3 Å². The number of carboxylic acids is 1. The number of ether oxygens (including phenoxy) is 5. The number of carbonyl (C=O) groups is 3. The van der Waals surface area contributed by atoms with Crippen molar-refractivity contribution in [3.8, 4) is 0 Å². The zero-order valence-electron chi connectivity index (χ0n) is 35.3. The molecule has 3 aliphatic rings. The number of anilines is 2. The van der Waals surface area contributed by atoms with Gasteiger partial charge in [-0.2, -0.15) is 15.3 Å². The highest BCUT2D eigenvalue weighted by Gasteiger charge is 2.19. The van der Waals surface area contributed by atoms with E-state index >= 15 is 0 Å². The van der Waals surface area contributed by atoms with Crippen LogP contribution in [0.3, 0.4) is 0 Å². The molecule has 6 aromatic heterocycles. The Morgan fingerprint density at radius 1 is 0.587 bits per heavy atom. The minimum atomic E-state index is -1.01. The fourth-order valence-corrected chi connectivity index (χ4v) is 6.72. The number of nitrogens with zero attached hydrogens (tertiary/aromatic N) is 11. The molecule has 20 nitrogen and oxygen atoms in total. The molecule has 0 unspecified atom stereocenters. The van der Waals surface area contributed by atoms with Gasteiger partial charge in [-0.15, -0.1) is 12.4 Å². The molecule has 0 amide bonds. The lowest BCUT2D eigenvalue weighted by molar-refractivity contribution is 0.0518. The van der Waals surface area contributed by atoms with Gasteiger partial charge in [0.1, 0.15) is 33.5 Å². The lowest BCUT2D eigenvalue weighted by Gasteiger charge is -2.20. The molecular formula is C41H53Cl2N11O9. The van der Waals surface area contributed by atoms with Gasteiger partial charge in [0.25, 0.3) is 0 Å². The van der Waals surface area contributed by atoms with Crippen LogP contribution in [0.2, 0.25) is 5.15 Å². The molecule has 22 heteroatoms. The van der Waals surface area contributed by atoms with Gasteiger partial charge in [-0.3, -0.25) is 0 Å². The lowest BCUT2D eigenvalue weighted by atomic mass is 10.2. The maximum atomic E-state index is 11.9. The Hall–Kier alpha value is -5.67. The predicted octanol–water partition coefficient (Wildman–Crippen LogP) is 5.35. The highest BCUT2D eigenvalue weighted by Crippen LogP contribution is 2.19. The summed E-state index contributed by atoms with van der Waals surface area (Å²) in [6, 6.07) is 5.34. The van der Waals surface area contributed by atoms with Crippen LogP contribution < -0.4 is 9.80 Å². The third kappa shape index (κ3) is 13.4. The van der Waals surface area contributed by atoms with Crippen molar-refractivity contribution in [2.75, 3.05) is 88.8 Å². The molecule has 0 aliphatic carbocycles. The highest BCUT2D eigenvalue weighted by molar-refractivity contribution is 6.29. The Morgan fingerprint density at radius 3 is 1.48 bits per heavy atom. The van der Waals surface area contributed by atoms with Crippen molar-refractivity contribution in [3.05, 3.63) is 77.2 Å². The van der Waals surface area contributed by atoms with Crippen molar-refractivity contribution in [1.82, 2.24) is 43.8 Å². The van der Waals surface area contributed by atoms with Crippen LogP contribution in [0.4, 0.5) is 11.6 Å². The number of carbonyl (C=O) groups excluding carboxylic acids is 2. The van der Waals surface area contributed by atoms with Crippen LogP contribution >= 0.6 is 24.0 Å². The SMILES string of the molecule is C1CCCOCC1.CCOC(=O)c1cnn2ccc(Cl)nc12.CCOC(=O)c1cnn2ccc(N3CCCOCC3)nc12.Cl.O=C(O)c1cnn2ccc(N3CCCOCC3)nc12. The Balaban J connectivity index is 0.000000166. The number of halogens is 2. The number of carboxylic acid groups (broad SMARTS) is 1. The second-order valence-electron chi connectivity index (χ2n) is 14.0. The first-order valence-corrected chi connectivity index (χ1v) is 21.1. The van der Waals surface area contributed by atoms with E-state index in [9.17, 15) is 14.4 Å². The molecule has 0 radical (unpaired) electrons. The number of fused-ring (bicyclic) bond motifs is 3. The van der Waals surface area contributed by atoms with Gasteiger partial charge < -0.3 is 38.6 Å². The molecule has 3 saturated heterocycles. The number of esters is 2. The van der Waals surface area contributed by atoms with E-state index in [-0.39, 0.29) is 18.0 Å².